The third-order valence-electron chi connectivity index (χ3n) is 2.55. The van der Waals surface area contributed by atoms with Crippen molar-refractivity contribution in [3.05, 3.63) is 31.4 Å². The molecule has 0 radical (unpaired) electrons. The Morgan fingerprint density at radius 2 is 2.33 bits per heavy atom. The van der Waals surface area contributed by atoms with Crippen LogP contribution in [0.4, 0.5) is 5.13 Å². The molecule has 0 aromatic carbocycles. The van der Waals surface area contributed by atoms with E-state index in [0.717, 1.165) is 26.6 Å². The Morgan fingerprint density at radius 1 is 1.44 bits per heavy atom. The molecular formula is C11H9BrN2OS3. The summed E-state index contributed by atoms with van der Waals surface area (Å²) in [5.41, 5.74) is 1.32. The molecule has 1 aliphatic rings. The molecule has 0 fully saturated rings. The molecule has 0 atom stereocenters. The highest BCUT2D eigenvalue weighted by molar-refractivity contribution is 9.11. The van der Waals surface area contributed by atoms with E-state index in [0.29, 0.717) is 5.13 Å². The topological polar surface area (TPSA) is 42.0 Å². The smallest absolute Gasteiger partial charge is 0.267 e. The van der Waals surface area contributed by atoms with E-state index in [2.05, 4.69) is 26.2 Å². The van der Waals surface area contributed by atoms with E-state index < -0.39 is 0 Å². The number of aromatic nitrogens is 1. The summed E-state index contributed by atoms with van der Waals surface area (Å²) in [6, 6.07) is 2.02. The highest BCUT2D eigenvalue weighted by atomic mass is 79.9. The van der Waals surface area contributed by atoms with Crippen LogP contribution >= 0.6 is 50.4 Å². The average Bonchev–Trinajstić information content (AvgIpc) is 2.95. The van der Waals surface area contributed by atoms with Crippen LogP contribution in [0.5, 0.6) is 0 Å². The van der Waals surface area contributed by atoms with Gasteiger partial charge >= 0.3 is 0 Å². The van der Waals surface area contributed by atoms with E-state index in [9.17, 15) is 4.79 Å². The monoisotopic (exact) mass is 360 g/mol. The first-order chi connectivity index (χ1) is 8.72. The second kappa shape index (κ2) is 5.32. The molecule has 0 spiro atoms. The van der Waals surface area contributed by atoms with Gasteiger partial charge < -0.3 is 0 Å². The van der Waals surface area contributed by atoms with Crippen LogP contribution in [0, 0.1) is 0 Å². The zero-order valence-corrected chi connectivity index (χ0v) is 13.3. The highest BCUT2D eigenvalue weighted by Gasteiger charge is 2.18. The lowest BCUT2D eigenvalue weighted by atomic mass is 10.2. The molecule has 1 N–H and O–H groups in total. The minimum Gasteiger partial charge on any atom is -0.297 e. The van der Waals surface area contributed by atoms with E-state index in [1.54, 1.807) is 17.5 Å². The molecule has 0 saturated carbocycles. The molecule has 3 nitrogen and oxygen atoms in total. The second-order valence-corrected chi connectivity index (χ2v) is 8.44. The molecule has 1 amide bonds. The molecule has 0 unspecified atom stereocenters. The van der Waals surface area contributed by atoms with Crippen molar-refractivity contribution in [1.82, 2.24) is 4.98 Å². The Bertz CT molecular complexity index is 569. The molecule has 0 aliphatic carbocycles. The lowest BCUT2D eigenvalue weighted by molar-refractivity contribution is 0.103. The zero-order chi connectivity index (χ0) is 12.5. The maximum atomic E-state index is 12.1. The molecule has 18 heavy (non-hydrogen) atoms. The summed E-state index contributed by atoms with van der Waals surface area (Å²) in [7, 11) is 0. The highest BCUT2D eigenvalue weighted by Crippen LogP contribution is 2.32. The number of aryl methyl sites for hydroxylation is 1. The van der Waals surface area contributed by atoms with Gasteiger partial charge in [0, 0.05) is 10.6 Å². The number of thioether (sulfide) groups is 1. The van der Waals surface area contributed by atoms with E-state index in [4.69, 9.17) is 0 Å². The fourth-order valence-corrected chi connectivity index (χ4v) is 5.10. The molecule has 7 heteroatoms. The predicted octanol–water partition coefficient (Wildman–Crippen LogP) is 4.01. The molecular weight excluding hydrogens is 352 g/mol. The van der Waals surface area contributed by atoms with Gasteiger partial charge in [-0.05, 0) is 39.7 Å². The molecule has 2 aromatic rings. The van der Waals surface area contributed by atoms with Crippen molar-refractivity contribution < 1.29 is 4.79 Å². The quantitative estimate of drug-likeness (QED) is 0.879. The summed E-state index contributed by atoms with van der Waals surface area (Å²) in [6.07, 6.45) is 2.77. The standard InChI is InChI=1S/C11H9BrN2OS3/c12-9-4-13-11(18-9)14-10(15)8-3-6-5-16-2-1-7(6)17-8/h3-4H,1-2,5H2,(H,13,14,15). The Morgan fingerprint density at radius 3 is 3.06 bits per heavy atom. The maximum Gasteiger partial charge on any atom is 0.267 e. The number of hydrogen-bond acceptors (Lipinski definition) is 5. The third-order valence-corrected chi connectivity index (χ3v) is 6.18. The van der Waals surface area contributed by atoms with Crippen LogP contribution in [0.3, 0.4) is 0 Å². The van der Waals surface area contributed by atoms with Crippen LogP contribution in [-0.2, 0) is 12.2 Å². The number of nitrogens with zero attached hydrogens (tertiary/aromatic N) is 1. The summed E-state index contributed by atoms with van der Waals surface area (Å²) >= 11 is 8.29. The van der Waals surface area contributed by atoms with Gasteiger partial charge in [0.05, 0.1) is 14.9 Å². The Hall–Kier alpha value is -0.370. The summed E-state index contributed by atoms with van der Waals surface area (Å²) < 4.78 is 0.916. The number of hydrogen-bond donors (Lipinski definition) is 1. The van der Waals surface area contributed by atoms with Gasteiger partial charge in [-0.15, -0.1) is 11.3 Å². The number of carbonyl (C=O) groups excluding carboxylic acids is 1. The number of thiophene rings is 1. The number of anilines is 1. The number of amides is 1. The van der Waals surface area contributed by atoms with Crippen molar-refractivity contribution in [2.45, 2.75) is 12.2 Å². The van der Waals surface area contributed by atoms with Crippen molar-refractivity contribution in [3.8, 4) is 0 Å². The van der Waals surface area contributed by atoms with Gasteiger partial charge in [-0.25, -0.2) is 4.98 Å². The normalized spacial score (nSPS) is 14.3. The zero-order valence-electron chi connectivity index (χ0n) is 9.23. The van der Waals surface area contributed by atoms with Crippen molar-refractivity contribution in [2.24, 2.45) is 0 Å². The molecule has 0 bridgehead atoms. The number of halogens is 1. The fraction of sp³-hybridized carbons (Fsp3) is 0.273. The van der Waals surface area contributed by atoms with Gasteiger partial charge in [0.15, 0.2) is 5.13 Å². The first-order valence-corrected chi connectivity index (χ1v) is 8.92. The van der Waals surface area contributed by atoms with Gasteiger partial charge in [-0.1, -0.05) is 11.3 Å². The van der Waals surface area contributed by atoms with E-state index >= 15 is 0 Å². The van der Waals surface area contributed by atoms with Crippen LogP contribution in [-0.4, -0.2) is 16.6 Å². The molecule has 94 valence electrons. The lowest BCUT2D eigenvalue weighted by Gasteiger charge is -2.08. The van der Waals surface area contributed by atoms with E-state index in [1.807, 2.05) is 17.8 Å². The first kappa shape index (κ1) is 12.7. The van der Waals surface area contributed by atoms with Crippen molar-refractivity contribution in [3.63, 3.8) is 0 Å². The van der Waals surface area contributed by atoms with Gasteiger partial charge in [0.2, 0.25) is 0 Å². The summed E-state index contributed by atoms with van der Waals surface area (Å²) in [5.74, 6) is 2.14. The van der Waals surface area contributed by atoms with Gasteiger partial charge in [0.1, 0.15) is 0 Å². The minimum atomic E-state index is -0.0544. The SMILES string of the molecule is O=C(Nc1ncc(Br)s1)c1cc2c(s1)CCSC2. The Kier molecular flexibility index (Phi) is 3.74. The van der Waals surface area contributed by atoms with Gasteiger partial charge in [-0.3, -0.25) is 10.1 Å². The number of nitrogens with one attached hydrogen (secondary N) is 1. The van der Waals surface area contributed by atoms with Crippen LogP contribution in [0.15, 0.2) is 16.0 Å². The van der Waals surface area contributed by atoms with Gasteiger partial charge in [0.25, 0.3) is 5.91 Å². The van der Waals surface area contributed by atoms with Crippen molar-refractivity contribution in [2.75, 3.05) is 11.1 Å². The maximum absolute atomic E-state index is 12.1. The number of thiazole rings is 1. The molecule has 3 heterocycles. The average molecular weight is 361 g/mol. The number of carbonyl (C=O) groups is 1. The first-order valence-electron chi connectivity index (χ1n) is 5.34. The van der Waals surface area contributed by atoms with Crippen LogP contribution in [0.2, 0.25) is 0 Å². The molecule has 3 rings (SSSR count). The second-order valence-electron chi connectivity index (χ2n) is 3.79. The lowest BCUT2D eigenvalue weighted by Crippen LogP contribution is -2.09. The van der Waals surface area contributed by atoms with Gasteiger partial charge in [-0.2, -0.15) is 11.8 Å². The minimum absolute atomic E-state index is 0.0544. The summed E-state index contributed by atoms with van der Waals surface area (Å²) in [5, 5.41) is 3.46. The van der Waals surface area contributed by atoms with E-state index in [1.165, 1.54) is 21.8 Å². The predicted molar refractivity (Wildman–Crippen MR) is 82.0 cm³/mol. The molecule has 0 saturated heterocycles. The Labute approximate surface area is 125 Å². The largest absolute Gasteiger partial charge is 0.297 e. The number of rotatable bonds is 2. The van der Waals surface area contributed by atoms with E-state index in [-0.39, 0.29) is 5.91 Å². The van der Waals surface area contributed by atoms with Crippen molar-refractivity contribution >= 4 is 61.4 Å². The fourth-order valence-electron chi connectivity index (χ4n) is 1.73. The molecule has 1 aliphatic heterocycles. The van der Waals surface area contributed by atoms with Crippen molar-refractivity contribution in [1.29, 1.82) is 0 Å². The molecule has 2 aromatic heterocycles. The van der Waals surface area contributed by atoms with Crippen LogP contribution in [0.1, 0.15) is 20.1 Å². The third kappa shape index (κ3) is 2.64. The summed E-state index contributed by atoms with van der Waals surface area (Å²) in [6.45, 7) is 0. The van der Waals surface area contributed by atoms with Crippen LogP contribution < -0.4 is 5.32 Å². The van der Waals surface area contributed by atoms with Crippen LogP contribution in [0.25, 0.3) is 0 Å². The summed E-state index contributed by atoms with van der Waals surface area (Å²) in [4.78, 5) is 18.3. The number of fused-ring (bicyclic) bond motifs is 1. The Balaban J connectivity index is 1.78.